The molecule has 214 valence electrons. The Morgan fingerprint density at radius 3 is 2.54 bits per heavy atom. The molecule has 1 heterocycles. The van der Waals surface area contributed by atoms with Gasteiger partial charge in [-0.15, -0.1) is 0 Å². The van der Waals surface area contributed by atoms with Crippen LogP contribution in [-0.4, -0.2) is 63.6 Å². The summed E-state index contributed by atoms with van der Waals surface area (Å²) in [4.78, 5) is 26.5. The van der Waals surface area contributed by atoms with E-state index in [9.17, 15) is 31.2 Å². The number of nitrogens with zero attached hydrogens (tertiary/aromatic N) is 1. The van der Waals surface area contributed by atoms with Gasteiger partial charge in [0.1, 0.15) is 0 Å². The lowest BCUT2D eigenvalue weighted by Gasteiger charge is -2.33. The first kappa shape index (κ1) is 30.9. The van der Waals surface area contributed by atoms with Crippen molar-refractivity contribution < 1.29 is 31.2 Å². The van der Waals surface area contributed by atoms with E-state index in [0.717, 1.165) is 18.9 Å². The van der Waals surface area contributed by atoms with Crippen LogP contribution in [0, 0.1) is 0 Å². The van der Waals surface area contributed by atoms with Gasteiger partial charge in [0, 0.05) is 36.3 Å². The molecule has 3 rings (SSSR count). The summed E-state index contributed by atoms with van der Waals surface area (Å²) in [6.45, 7) is 2.42. The second-order valence-electron chi connectivity index (χ2n) is 9.38. The molecular formula is C26H32ClF3N4O4S. The summed E-state index contributed by atoms with van der Waals surface area (Å²) < 4.78 is 66.8. The van der Waals surface area contributed by atoms with E-state index in [0.29, 0.717) is 13.1 Å². The number of rotatable bonds is 10. The van der Waals surface area contributed by atoms with Crippen LogP contribution >= 0.6 is 11.6 Å². The van der Waals surface area contributed by atoms with Crippen LogP contribution in [0.25, 0.3) is 0 Å². The smallest absolute Gasteiger partial charge is 0.351 e. The van der Waals surface area contributed by atoms with Crippen molar-refractivity contribution in [2.24, 2.45) is 0 Å². The molecule has 1 aliphatic heterocycles. The second kappa shape index (κ2) is 13.1. The van der Waals surface area contributed by atoms with E-state index in [4.69, 9.17) is 11.6 Å². The fourth-order valence-corrected chi connectivity index (χ4v) is 5.85. The zero-order valence-electron chi connectivity index (χ0n) is 21.7. The Kier molecular flexibility index (Phi) is 10.4. The summed E-state index contributed by atoms with van der Waals surface area (Å²) in [5.74, 6) is -1.11. The number of likely N-dealkylation sites (N-methyl/N-ethyl adjacent to an activating group) is 1. The van der Waals surface area contributed by atoms with E-state index in [2.05, 4.69) is 16.0 Å². The zero-order chi connectivity index (χ0) is 28.8. The molecule has 0 radical (unpaired) electrons. The molecule has 1 unspecified atom stereocenters. The van der Waals surface area contributed by atoms with E-state index in [1.165, 1.54) is 37.3 Å². The van der Waals surface area contributed by atoms with Crippen molar-refractivity contribution >= 4 is 33.3 Å². The van der Waals surface area contributed by atoms with E-state index in [1.54, 1.807) is 7.05 Å². The summed E-state index contributed by atoms with van der Waals surface area (Å²) in [5.41, 5.74) is -0.864. The van der Waals surface area contributed by atoms with Gasteiger partial charge in [-0.05, 0) is 67.9 Å². The van der Waals surface area contributed by atoms with Gasteiger partial charge in [-0.2, -0.15) is 13.2 Å². The maximum Gasteiger partial charge on any atom is 0.416 e. The molecule has 2 amide bonds. The van der Waals surface area contributed by atoms with Gasteiger partial charge < -0.3 is 16.0 Å². The number of nitrogens with one attached hydrogen (secondary N) is 3. The van der Waals surface area contributed by atoms with Crippen LogP contribution in [0.3, 0.4) is 0 Å². The molecule has 1 saturated heterocycles. The van der Waals surface area contributed by atoms with Crippen molar-refractivity contribution in [1.29, 1.82) is 0 Å². The fraction of sp³-hybridized carbons (Fsp3) is 0.462. The lowest BCUT2D eigenvalue weighted by Crippen LogP contribution is -2.49. The Balaban J connectivity index is 1.76. The summed E-state index contributed by atoms with van der Waals surface area (Å²) in [6, 6.07) is 7.42. The molecule has 0 aromatic heterocycles. The lowest BCUT2D eigenvalue weighted by molar-refractivity contribution is -0.138. The van der Waals surface area contributed by atoms with E-state index >= 15 is 0 Å². The van der Waals surface area contributed by atoms with Gasteiger partial charge in [0.15, 0.2) is 9.84 Å². The predicted molar refractivity (Wildman–Crippen MR) is 142 cm³/mol. The van der Waals surface area contributed by atoms with Crippen LogP contribution in [-0.2, 0) is 33.9 Å². The highest BCUT2D eigenvalue weighted by atomic mass is 35.5. The molecule has 2 aromatic carbocycles. The van der Waals surface area contributed by atoms with E-state index in [-0.39, 0.29) is 63.9 Å². The molecule has 2 aromatic rings. The number of sulfone groups is 1. The molecule has 0 saturated carbocycles. The number of halogens is 4. The van der Waals surface area contributed by atoms with Crippen LogP contribution in [0.15, 0.2) is 41.3 Å². The van der Waals surface area contributed by atoms with Gasteiger partial charge >= 0.3 is 6.18 Å². The molecule has 1 atom stereocenters. The molecule has 0 spiro atoms. The number of carbonyl (C=O) groups excluding carboxylic acids is 2. The Morgan fingerprint density at radius 2 is 1.87 bits per heavy atom. The highest BCUT2D eigenvalue weighted by molar-refractivity contribution is 7.91. The van der Waals surface area contributed by atoms with Crippen LogP contribution in [0.1, 0.15) is 46.8 Å². The molecule has 0 bridgehead atoms. The number of alkyl halides is 3. The quantitative estimate of drug-likeness (QED) is 0.393. The van der Waals surface area contributed by atoms with Crippen molar-refractivity contribution in [3.05, 3.63) is 63.7 Å². The zero-order valence-corrected chi connectivity index (χ0v) is 23.3. The minimum absolute atomic E-state index is 0.00279. The second-order valence-corrected chi connectivity index (χ2v) is 12.1. The molecule has 39 heavy (non-hydrogen) atoms. The largest absolute Gasteiger partial charge is 0.416 e. The van der Waals surface area contributed by atoms with Crippen LogP contribution in [0.4, 0.5) is 13.2 Å². The van der Waals surface area contributed by atoms with E-state index in [1.807, 2.05) is 4.90 Å². The third kappa shape index (κ3) is 8.41. The Hall–Kier alpha value is -2.67. The summed E-state index contributed by atoms with van der Waals surface area (Å²) in [6.07, 6.45) is -3.23. The maximum absolute atomic E-state index is 14.0. The third-order valence-electron chi connectivity index (χ3n) is 6.46. The normalized spacial score (nSPS) is 16.6. The Morgan fingerprint density at radius 1 is 1.13 bits per heavy atom. The SMILES string of the molecule is CCS(=O)(=O)c1ccc(Cl)cc1CNC(=O)c1ccc(CN2CCCC(NC(=O)CNC)C2)c(C(F)(F)F)c1. The first-order valence-corrected chi connectivity index (χ1v) is 14.5. The van der Waals surface area contributed by atoms with Crippen LogP contribution < -0.4 is 16.0 Å². The van der Waals surface area contributed by atoms with Gasteiger partial charge in [0.05, 0.1) is 22.8 Å². The molecule has 1 aliphatic rings. The van der Waals surface area contributed by atoms with Gasteiger partial charge in [-0.1, -0.05) is 24.6 Å². The molecule has 3 N–H and O–H groups in total. The molecule has 13 heteroatoms. The monoisotopic (exact) mass is 588 g/mol. The maximum atomic E-state index is 14.0. The number of benzene rings is 2. The molecule has 8 nitrogen and oxygen atoms in total. The number of carbonyl (C=O) groups is 2. The van der Waals surface area contributed by atoms with Crippen LogP contribution in [0.2, 0.25) is 5.02 Å². The average Bonchev–Trinajstić information content (AvgIpc) is 2.87. The summed E-state index contributed by atoms with van der Waals surface area (Å²) >= 11 is 6.00. The minimum Gasteiger partial charge on any atom is -0.351 e. The van der Waals surface area contributed by atoms with Gasteiger partial charge in [-0.3, -0.25) is 14.5 Å². The number of amides is 2. The van der Waals surface area contributed by atoms with E-state index < -0.39 is 27.5 Å². The Bertz CT molecular complexity index is 1300. The first-order chi connectivity index (χ1) is 18.3. The average molecular weight is 589 g/mol. The lowest BCUT2D eigenvalue weighted by atomic mass is 10.00. The standard InChI is InChI=1S/C26H32ClF3N4O4S/c1-3-39(37,38)23-9-8-20(27)11-19(23)13-32-25(36)17-6-7-18(22(12-17)26(28,29)30)15-34-10-4-5-21(16-34)33-24(35)14-31-2/h6-9,11-12,21,31H,3-5,10,13-16H2,1-2H3,(H,32,36)(H,33,35). The summed E-state index contributed by atoms with van der Waals surface area (Å²) in [5, 5.41) is 8.42. The van der Waals surface area contributed by atoms with Crippen molar-refractivity contribution in [3.8, 4) is 0 Å². The van der Waals surface area contributed by atoms with Crippen molar-refractivity contribution in [2.45, 2.75) is 50.0 Å². The van der Waals surface area contributed by atoms with Crippen molar-refractivity contribution in [3.63, 3.8) is 0 Å². The topological polar surface area (TPSA) is 108 Å². The third-order valence-corrected chi connectivity index (χ3v) is 8.52. The number of hydrogen-bond acceptors (Lipinski definition) is 6. The predicted octanol–water partition coefficient (Wildman–Crippen LogP) is 3.38. The minimum atomic E-state index is -4.70. The van der Waals surface area contributed by atoms with Gasteiger partial charge in [0.25, 0.3) is 5.91 Å². The molecule has 1 fully saturated rings. The van der Waals surface area contributed by atoms with Crippen LogP contribution in [0.5, 0.6) is 0 Å². The molecular weight excluding hydrogens is 557 g/mol. The Labute approximate surface area is 231 Å². The fourth-order valence-electron chi connectivity index (χ4n) is 4.54. The van der Waals surface area contributed by atoms with Crippen molar-refractivity contribution in [1.82, 2.24) is 20.9 Å². The highest BCUT2D eigenvalue weighted by Gasteiger charge is 2.35. The molecule has 0 aliphatic carbocycles. The highest BCUT2D eigenvalue weighted by Crippen LogP contribution is 2.34. The first-order valence-electron chi connectivity index (χ1n) is 12.5. The number of piperidine rings is 1. The summed E-state index contributed by atoms with van der Waals surface area (Å²) in [7, 11) is -1.95. The van der Waals surface area contributed by atoms with Gasteiger partial charge in [0.2, 0.25) is 5.91 Å². The number of hydrogen-bond donors (Lipinski definition) is 3. The van der Waals surface area contributed by atoms with Gasteiger partial charge in [-0.25, -0.2) is 8.42 Å². The number of likely N-dealkylation sites (tertiary alicyclic amines) is 1. The van der Waals surface area contributed by atoms with Crippen molar-refractivity contribution in [2.75, 3.05) is 32.4 Å².